The summed E-state index contributed by atoms with van der Waals surface area (Å²) >= 11 is 0. The molecule has 20 heavy (non-hydrogen) atoms. The number of hydrogen-bond acceptors (Lipinski definition) is 3. The van der Waals surface area contributed by atoms with Gasteiger partial charge in [0.15, 0.2) is 0 Å². The SMILES string of the molecule is OC(CNC1COc2ccccc21)c1ccc(F)cc1. The van der Waals surface area contributed by atoms with Gasteiger partial charge in [0.25, 0.3) is 0 Å². The molecule has 2 N–H and O–H groups in total. The molecule has 3 rings (SSSR count). The van der Waals surface area contributed by atoms with Crippen molar-refractivity contribution < 1.29 is 14.2 Å². The number of hydrogen-bond donors (Lipinski definition) is 2. The molecule has 0 saturated carbocycles. The summed E-state index contributed by atoms with van der Waals surface area (Å²) in [6, 6.07) is 13.9. The average molecular weight is 273 g/mol. The van der Waals surface area contributed by atoms with Crippen LogP contribution >= 0.6 is 0 Å². The van der Waals surface area contributed by atoms with Gasteiger partial charge in [-0.2, -0.15) is 0 Å². The van der Waals surface area contributed by atoms with Gasteiger partial charge in [0.2, 0.25) is 0 Å². The van der Waals surface area contributed by atoms with Crippen molar-refractivity contribution in [3.8, 4) is 5.75 Å². The first-order chi connectivity index (χ1) is 9.74. The van der Waals surface area contributed by atoms with Crippen molar-refractivity contribution in [3.05, 3.63) is 65.5 Å². The number of halogens is 1. The highest BCUT2D eigenvalue weighted by Crippen LogP contribution is 2.31. The van der Waals surface area contributed by atoms with Crippen LogP contribution in [0.15, 0.2) is 48.5 Å². The lowest BCUT2D eigenvalue weighted by molar-refractivity contribution is 0.166. The van der Waals surface area contributed by atoms with E-state index in [1.807, 2.05) is 24.3 Å². The molecular formula is C16H16FNO2. The van der Waals surface area contributed by atoms with Crippen LogP contribution < -0.4 is 10.1 Å². The number of benzene rings is 2. The van der Waals surface area contributed by atoms with Crippen LogP contribution in [-0.2, 0) is 0 Å². The third-order valence-corrected chi connectivity index (χ3v) is 3.51. The van der Waals surface area contributed by atoms with Gasteiger partial charge in [0, 0.05) is 12.1 Å². The molecule has 2 aromatic rings. The minimum absolute atomic E-state index is 0.0845. The fourth-order valence-electron chi connectivity index (χ4n) is 2.39. The smallest absolute Gasteiger partial charge is 0.124 e. The van der Waals surface area contributed by atoms with Crippen LogP contribution in [0.25, 0.3) is 0 Å². The molecule has 0 radical (unpaired) electrons. The molecule has 0 aromatic heterocycles. The molecule has 2 aromatic carbocycles. The first kappa shape index (κ1) is 13.1. The molecule has 0 bridgehead atoms. The molecule has 3 nitrogen and oxygen atoms in total. The van der Waals surface area contributed by atoms with E-state index in [0.717, 1.165) is 11.3 Å². The molecule has 0 aliphatic carbocycles. The lowest BCUT2D eigenvalue weighted by atomic mass is 10.1. The van der Waals surface area contributed by atoms with Crippen LogP contribution in [0, 0.1) is 5.82 Å². The number of para-hydroxylation sites is 1. The normalized spacial score (nSPS) is 18.4. The molecular weight excluding hydrogens is 257 g/mol. The topological polar surface area (TPSA) is 41.5 Å². The second kappa shape index (κ2) is 5.61. The highest BCUT2D eigenvalue weighted by molar-refractivity contribution is 5.39. The molecule has 2 atom stereocenters. The van der Waals surface area contributed by atoms with Gasteiger partial charge in [0.05, 0.1) is 12.1 Å². The van der Waals surface area contributed by atoms with Gasteiger partial charge in [-0.25, -0.2) is 4.39 Å². The molecule has 0 fully saturated rings. The molecule has 1 aliphatic heterocycles. The van der Waals surface area contributed by atoms with Crippen molar-refractivity contribution in [2.24, 2.45) is 0 Å². The monoisotopic (exact) mass is 273 g/mol. The highest BCUT2D eigenvalue weighted by atomic mass is 19.1. The van der Waals surface area contributed by atoms with Crippen LogP contribution in [0.5, 0.6) is 5.75 Å². The van der Waals surface area contributed by atoms with E-state index in [-0.39, 0.29) is 11.9 Å². The quantitative estimate of drug-likeness (QED) is 0.899. The minimum Gasteiger partial charge on any atom is -0.491 e. The Morgan fingerprint density at radius 2 is 1.95 bits per heavy atom. The van der Waals surface area contributed by atoms with Gasteiger partial charge >= 0.3 is 0 Å². The number of rotatable bonds is 4. The zero-order valence-corrected chi connectivity index (χ0v) is 10.9. The maximum absolute atomic E-state index is 12.8. The van der Waals surface area contributed by atoms with Crippen molar-refractivity contribution in [1.82, 2.24) is 5.32 Å². The number of ether oxygens (including phenoxy) is 1. The highest BCUT2D eigenvalue weighted by Gasteiger charge is 2.23. The van der Waals surface area contributed by atoms with Crippen LogP contribution in [0.4, 0.5) is 4.39 Å². The molecule has 104 valence electrons. The molecule has 0 amide bonds. The molecule has 0 saturated heterocycles. The lowest BCUT2D eigenvalue weighted by Gasteiger charge is -2.16. The van der Waals surface area contributed by atoms with Gasteiger partial charge in [-0.05, 0) is 23.8 Å². The fourth-order valence-corrected chi connectivity index (χ4v) is 2.39. The summed E-state index contributed by atoms with van der Waals surface area (Å²) in [5, 5.41) is 13.4. The Morgan fingerprint density at radius 1 is 1.20 bits per heavy atom. The van der Waals surface area contributed by atoms with Crippen molar-refractivity contribution in [3.63, 3.8) is 0 Å². The van der Waals surface area contributed by atoms with E-state index in [9.17, 15) is 9.50 Å². The molecule has 4 heteroatoms. The minimum atomic E-state index is -0.664. The summed E-state index contributed by atoms with van der Waals surface area (Å²) in [6.07, 6.45) is -0.664. The second-order valence-electron chi connectivity index (χ2n) is 4.88. The maximum Gasteiger partial charge on any atom is 0.124 e. The predicted molar refractivity (Wildman–Crippen MR) is 74.0 cm³/mol. The Bertz CT molecular complexity index is 585. The summed E-state index contributed by atoms with van der Waals surface area (Å²) < 4.78 is 18.4. The summed E-state index contributed by atoms with van der Waals surface area (Å²) in [5.41, 5.74) is 1.81. The number of fused-ring (bicyclic) bond motifs is 1. The standard InChI is InChI=1S/C16H16FNO2/c17-12-7-5-11(6-8-12)15(19)9-18-14-10-20-16-4-2-1-3-13(14)16/h1-8,14-15,18-19H,9-10H2. The molecule has 1 aliphatic rings. The van der Waals surface area contributed by atoms with E-state index < -0.39 is 6.10 Å². The summed E-state index contributed by atoms with van der Waals surface area (Å²) in [6.45, 7) is 0.962. The Kier molecular flexibility index (Phi) is 3.67. The molecule has 0 spiro atoms. The van der Waals surface area contributed by atoms with E-state index in [4.69, 9.17) is 4.74 Å². The summed E-state index contributed by atoms with van der Waals surface area (Å²) in [7, 11) is 0. The van der Waals surface area contributed by atoms with Crippen molar-refractivity contribution in [2.45, 2.75) is 12.1 Å². The number of aliphatic hydroxyl groups is 1. The maximum atomic E-state index is 12.8. The van der Waals surface area contributed by atoms with Gasteiger partial charge in [-0.1, -0.05) is 30.3 Å². The van der Waals surface area contributed by atoms with E-state index in [1.54, 1.807) is 12.1 Å². The van der Waals surface area contributed by atoms with Crippen LogP contribution in [-0.4, -0.2) is 18.3 Å². The van der Waals surface area contributed by atoms with E-state index in [0.29, 0.717) is 18.7 Å². The van der Waals surface area contributed by atoms with E-state index in [1.165, 1.54) is 12.1 Å². The lowest BCUT2D eigenvalue weighted by Crippen LogP contribution is -2.27. The van der Waals surface area contributed by atoms with E-state index in [2.05, 4.69) is 5.32 Å². The predicted octanol–water partition coefficient (Wildman–Crippen LogP) is 2.58. The average Bonchev–Trinajstić information content (AvgIpc) is 2.89. The third kappa shape index (κ3) is 2.66. The van der Waals surface area contributed by atoms with Gasteiger partial charge in [0.1, 0.15) is 18.2 Å². The van der Waals surface area contributed by atoms with Crippen LogP contribution in [0.3, 0.4) is 0 Å². The van der Waals surface area contributed by atoms with Crippen molar-refractivity contribution in [1.29, 1.82) is 0 Å². The Morgan fingerprint density at radius 3 is 2.75 bits per heavy atom. The van der Waals surface area contributed by atoms with E-state index >= 15 is 0 Å². The zero-order valence-electron chi connectivity index (χ0n) is 10.9. The van der Waals surface area contributed by atoms with Gasteiger partial charge < -0.3 is 15.2 Å². The Hall–Kier alpha value is -1.91. The first-order valence-corrected chi connectivity index (χ1v) is 6.62. The third-order valence-electron chi connectivity index (χ3n) is 3.51. The van der Waals surface area contributed by atoms with Gasteiger partial charge in [-0.3, -0.25) is 0 Å². The largest absolute Gasteiger partial charge is 0.491 e. The zero-order chi connectivity index (χ0) is 13.9. The Balaban J connectivity index is 1.62. The molecule has 2 unspecified atom stereocenters. The van der Waals surface area contributed by atoms with Gasteiger partial charge in [-0.15, -0.1) is 0 Å². The fraction of sp³-hybridized carbons (Fsp3) is 0.250. The summed E-state index contributed by atoms with van der Waals surface area (Å²) in [5.74, 6) is 0.591. The number of aliphatic hydroxyl groups excluding tert-OH is 1. The second-order valence-corrected chi connectivity index (χ2v) is 4.88. The van der Waals surface area contributed by atoms with Crippen molar-refractivity contribution in [2.75, 3.05) is 13.2 Å². The van der Waals surface area contributed by atoms with Crippen LogP contribution in [0.2, 0.25) is 0 Å². The number of nitrogens with one attached hydrogen (secondary N) is 1. The first-order valence-electron chi connectivity index (χ1n) is 6.62. The molecule has 1 heterocycles. The Labute approximate surface area is 117 Å². The van der Waals surface area contributed by atoms with Crippen LogP contribution in [0.1, 0.15) is 23.3 Å². The summed E-state index contributed by atoms with van der Waals surface area (Å²) in [4.78, 5) is 0. The van der Waals surface area contributed by atoms with Crippen molar-refractivity contribution >= 4 is 0 Å².